The number of aliphatic hydroxyl groups is 2. The zero-order valence-electron chi connectivity index (χ0n) is 34.2. The van der Waals surface area contributed by atoms with Crippen LogP contribution in [0.1, 0.15) is 126 Å². The molecule has 4 rings (SSSR count). The molecule has 0 spiro atoms. The lowest BCUT2D eigenvalue weighted by atomic mass is 9.92. The van der Waals surface area contributed by atoms with Crippen LogP contribution in [0.3, 0.4) is 0 Å². The van der Waals surface area contributed by atoms with Gasteiger partial charge in [-0.3, -0.25) is 9.05 Å². The molecule has 0 aliphatic carbocycles. The molecule has 0 radical (unpaired) electrons. The molecule has 3 heterocycles. The van der Waals surface area contributed by atoms with Crippen molar-refractivity contribution in [1.29, 1.82) is 5.26 Å². The van der Waals surface area contributed by atoms with E-state index < -0.39 is 75.2 Å². The number of hydrogen-bond acceptors (Lipinski definition) is 12. The van der Waals surface area contributed by atoms with Gasteiger partial charge in [-0.1, -0.05) is 103 Å². The Balaban J connectivity index is 1.23. The van der Waals surface area contributed by atoms with Crippen LogP contribution in [0.2, 0.25) is 0 Å². The van der Waals surface area contributed by atoms with E-state index in [4.69, 9.17) is 29.0 Å². The maximum absolute atomic E-state index is 14.1. The Hall–Kier alpha value is -3.24. The van der Waals surface area contributed by atoms with Gasteiger partial charge in [-0.25, -0.2) is 18.5 Å². The molecular weight excluding hydrogens is 813 g/mol. The van der Waals surface area contributed by atoms with Crippen LogP contribution in [-0.2, 0) is 46.2 Å². The lowest BCUT2D eigenvalue weighted by Crippen LogP contribution is -2.41. The van der Waals surface area contributed by atoms with Crippen molar-refractivity contribution in [3.63, 3.8) is 0 Å². The van der Waals surface area contributed by atoms with Gasteiger partial charge in [0.25, 0.3) is 0 Å². The molecule has 2 aromatic heterocycles. The Labute approximate surface area is 348 Å². The molecule has 60 heavy (non-hydrogen) atoms. The SMILES string of the molecule is CCCCCCCCCCCCCCCCCCOC[C@H](COP(=O)(O)OC[C@H]1O[C@@](C#N)(c2ccc3c(N)ncnn23)[C@H](O)[C@@H]1O)OCc1cc(F)cc(C(F)(F)F)c1. The largest absolute Gasteiger partial charge is 0.472 e. The number of phosphoric ester groups is 1. The molecule has 1 aromatic carbocycles. The van der Waals surface area contributed by atoms with Crippen molar-refractivity contribution >= 4 is 19.2 Å². The van der Waals surface area contributed by atoms with Gasteiger partial charge in [0.15, 0.2) is 5.82 Å². The fourth-order valence-corrected chi connectivity index (χ4v) is 7.92. The first-order valence-corrected chi connectivity index (χ1v) is 22.4. The summed E-state index contributed by atoms with van der Waals surface area (Å²) in [4.78, 5) is 14.4. The Morgan fingerprint density at radius 3 is 2.17 bits per heavy atom. The molecule has 0 bridgehead atoms. The average Bonchev–Trinajstić information content (AvgIpc) is 3.76. The predicted molar refractivity (Wildman–Crippen MR) is 214 cm³/mol. The highest BCUT2D eigenvalue weighted by Gasteiger charge is 2.58. The van der Waals surface area contributed by atoms with Crippen LogP contribution in [-0.4, -0.2) is 80.5 Å². The summed E-state index contributed by atoms with van der Waals surface area (Å²) in [5.74, 6) is -1.04. The minimum atomic E-state index is -4.96. The lowest BCUT2D eigenvalue weighted by Gasteiger charge is -2.24. The van der Waals surface area contributed by atoms with Gasteiger partial charge in [0.05, 0.1) is 37.7 Å². The molecule has 14 nitrogen and oxygen atoms in total. The number of ether oxygens (including phenoxy) is 3. The number of fused-ring (bicyclic) bond motifs is 1. The summed E-state index contributed by atoms with van der Waals surface area (Å²) in [6.45, 7) is 0.413. The molecule has 0 saturated carbocycles. The third kappa shape index (κ3) is 15.0. The number of hydrogen-bond donors (Lipinski definition) is 4. The lowest BCUT2D eigenvalue weighted by molar-refractivity contribution is -0.137. The number of unbranched alkanes of at least 4 members (excludes halogenated alkanes) is 15. The summed E-state index contributed by atoms with van der Waals surface area (Å²) in [6, 6.07) is 6.72. The first kappa shape index (κ1) is 49.4. The maximum atomic E-state index is 14.1. The van der Waals surface area contributed by atoms with Gasteiger partial charge in [-0.2, -0.15) is 23.5 Å². The second kappa shape index (κ2) is 24.4. The van der Waals surface area contributed by atoms with E-state index in [0.717, 1.165) is 44.1 Å². The number of halogens is 4. The van der Waals surface area contributed by atoms with Gasteiger partial charge < -0.3 is 35.1 Å². The standard InChI is InChI=1S/C41H60F4N5O9P/c1-2-3-4-5-6-7-8-9-10-11-12-13-14-15-16-17-20-55-25-33(56-24-30-21-31(41(43,44)45)23-32(42)22-30)26-57-60(53,54)58-27-35-37(51)38(52)40(28-46,59-35)36-19-18-34-39(47)48-29-49-50(34)36/h18-19,21-23,29,33,35,37-38,51-52H,2-17,20,24-27H2,1H3,(H,53,54)(H2,47,48,49)/t33-,35-,37-,38-,40+/m1/s1. The monoisotopic (exact) mass is 873 g/mol. The molecule has 1 aliphatic heterocycles. The molecule has 1 fully saturated rings. The summed E-state index contributed by atoms with van der Waals surface area (Å²) in [5.41, 5.74) is 2.66. The summed E-state index contributed by atoms with van der Waals surface area (Å²) in [7, 11) is -4.96. The smallest absolute Gasteiger partial charge is 0.387 e. The van der Waals surface area contributed by atoms with Crippen molar-refractivity contribution in [2.45, 2.75) is 152 Å². The highest BCUT2D eigenvalue weighted by atomic mass is 31.2. The number of alkyl halides is 3. The van der Waals surface area contributed by atoms with Crippen LogP contribution in [0.15, 0.2) is 36.7 Å². The van der Waals surface area contributed by atoms with Crippen molar-refractivity contribution in [2.24, 2.45) is 0 Å². The first-order valence-electron chi connectivity index (χ1n) is 20.9. The number of nitrogens with zero attached hydrogens (tertiary/aromatic N) is 4. The van der Waals surface area contributed by atoms with Crippen molar-refractivity contribution in [3.05, 3.63) is 59.3 Å². The van der Waals surface area contributed by atoms with Crippen molar-refractivity contribution in [3.8, 4) is 6.07 Å². The molecule has 0 amide bonds. The number of nitriles is 1. The quantitative estimate of drug-likeness (QED) is 0.0295. The molecule has 1 saturated heterocycles. The minimum absolute atomic E-state index is 0.00631. The number of nitrogen functional groups attached to an aromatic ring is 1. The van der Waals surface area contributed by atoms with E-state index in [1.807, 2.05) is 6.07 Å². The molecule has 1 unspecified atom stereocenters. The Bertz CT molecular complexity index is 1830. The number of aromatic nitrogens is 3. The number of rotatable bonds is 29. The van der Waals surface area contributed by atoms with Crippen LogP contribution in [0.5, 0.6) is 0 Å². The van der Waals surface area contributed by atoms with Gasteiger partial charge in [0.1, 0.15) is 48.1 Å². The molecule has 19 heteroatoms. The van der Waals surface area contributed by atoms with E-state index in [1.165, 1.54) is 93.7 Å². The van der Waals surface area contributed by atoms with E-state index in [0.29, 0.717) is 18.2 Å². The molecule has 336 valence electrons. The number of anilines is 1. The highest BCUT2D eigenvalue weighted by Crippen LogP contribution is 2.46. The Kier molecular flexibility index (Phi) is 20.1. The topological polar surface area (TPSA) is 204 Å². The second-order valence-corrected chi connectivity index (χ2v) is 16.8. The zero-order valence-corrected chi connectivity index (χ0v) is 35.1. The van der Waals surface area contributed by atoms with Gasteiger partial charge in [-0.05, 0) is 42.3 Å². The molecular formula is C41H60F4N5O9P. The fourth-order valence-electron chi connectivity index (χ4n) is 7.16. The molecule has 1 aliphatic rings. The predicted octanol–water partition coefficient (Wildman–Crippen LogP) is 8.31. The number of phosphoric acid groups is 1. The first-order chi connectivity index (χ1) is 28.7. The Morgan fingerprint density at radius 1 is 0.950 bits per heavy atom. The molecule has 3 aromatic rings. The minimum Gasteiger partial charge on any atom is -0.387 e. The van der Waals surface area contributed by atoms with Gasteiger partial charge in [-0.15, -0.1) is 0 Å². The molecule has 6 atom stereocenters. The maximum Gasteiger partial charge on any atom is 0.472 e. The second-order valence-electron chi connectivity index (χ2n) is 15.3. The van der Waals surface area contributed by atoms with Crippen LogP contribution < -0.4 is 5.73 Å². The van der Waals surface area contributed by atoms with E-state index in [2.05, 4.69) is 17.0 Å². The number of aliphatic hydroxyl groups excluding tert-OH is 2. The van der Waals surface area contributed by atoms with Crippen molar-refractivity contribution in [2.75, 3.05) is 32.2 Å². The van der Waals surface area contributed by atoms with Crippen LogP contribution in [0.25, 0.3) is 5.52 Å². The summed E-state index contributed by atoms with van der Waals surface area (Å²) in [5, 5.41) is 35.9. The van der Waals surface area contributed by atoms with E-state index in [-0.39, 0.29) is 23.7 Å². The van der Waals surface area contributed by atoms with Crippen LogP contribution in [0, 0.1) is 17.1 Å². The summed E-state index contributed by atoms with van der Waals surface area (Å²) in [6.07, 6.45) is 9.43. The zero-order chi connectivity index (χ0) is 43.6. The fraction of sp³-hybridized carbons (Fsp3) is 0.683. The molecule has 5 N–H and O–H groups in total. The van der Waals surface area contributed by atoms with Crippen molar-refractivity contribution < 1.29 is 60.5 Å². The van der Waals surface area contributed by atoms with Crippen LogP contribution >= 0.6 is 7.82 Å². The highest BCUT2D eigenvalue weighted by molar-refractivity contribution is 7.47. The van der Waals surface area contributed by atoms with E-state index in [9.17, 15) is 42.5 Å². The summed E-state index contributed by atoms with van der Waals surface area (Å²) < 4.78 is 95.6. The average molecular weight is 874 g/mol. The third-order valence-electron chi connectivity index (χ3n) is 10.5. The van der Waals surface area contributed by atoms with Gasteiger partial charge >= 0.3 is 14.0 Å². The van der Waals surface area contributed by atoms with E-state index in [1.54, 1.807) is 0 Å². The summed E-state index contributed by atoms with van der Waals surface area (Å²) >= 11 is 0. The van der Waals surface area contributed by atoms with Crippen LogP contribution in [0.4, 0.5) is 23.4 Å². The number of benzene rings is 1. The van der Waals surface area contributed by atoms with E-state index >= 15 is 0 Å². The normalized spacial score (nSPS) is 21.0. The Morgan fingerprint density at radius 2 is 1.57 bits per heavy atom. The van der Waals surface area contributed by atoms with Gasteiger partial charge in [0.2, 0.25) is 5.60 Å². The number of nitrogens with two attached hydrogens (primary N) is 1. The van der Waals surface area contributed by atoms with Gasteiger partial charge in [0, 0.05) is 6.61 Å². The van der Waals surface area contributed by atoms with Crippen molar-refractivity contribution in [1.82, 2.24) is 14.6 Å². The third-order valence-corrected chi connectivity index (χ3v) is 11.5.